The normalized spacial score (nSPS) is 11.9. The van der Waals surface area contributed by atoms with E-state index in [1.165, 1.54) is 19.1 Å². The highest BCUT2D eigenvalue weighted by Crippen LogP contribution is 2.31. The lowest BCUT2D eigenvalue weighted by atomic mass is 9.97. The molecule has 1 amide bonds. The second kappa shape index (κ2) is 21.4. The van der Waals surface area contributed by atoms with Crippen molar-refractivity contribution in [2.75, 3.05) is 13.2 Å². The molecule has 0 bridgehead atoms. The van der Waals surface area contributed by atoms with Gasteiger partial charge in [0, 0.05) is 18.5 Å². The van der Waals surface area contributed by atoms with Gasteiger partial charge >= 0.3 is 12.1 Å². The largest absolute Gasteiger partial charge is 0.515 e. The van der Waals surface area contributed by atoms with Crippen LogP contribution in [0.25, 0.3) is 22.5 Å². The predicted octanol–water partition coefficient (Wildman–Crippen LogP) is 6.52. The van der Waals surface area contributed by atoms with Crippen LogP contribution in [0.2, 0.25) is 0 Å². The number of aromatic nitrogens is 4. The van der Waals surface area contributed by atoms with Crippen LogP contribution in [0.4, 0.5) is 4.79 Å². The van der Waals surface area contributed by atoms with Gasteiger partial charge in [0.1, 0.15) is 18.4 Å². The minimum absolute atomic E-state index is 0.0392. The molecule has 3 aromatic carbocycles. The third-order valence-corrected chi connectivity index (χ3v) is 8.50. The lowest BCUT2D eigenvalue weighted by molar-refractivity contribution is -0.763. The molecule has 0 radical (unpaired) electrons. The van der Waals surface area contributed by atoms with Crippen LogP contribution in [-0.4, -0.2) is 72.6 Å². The van der Waals surface area contributed by atoms with Crippen molar-refractivity contribution < 1.29 is 48.4 Å². The lowest BCUT2D eigenvalue weighted by Crippen LogP contribution is -2.48. The summed E-state index contributed by atoms with van der Waals surface area (Å²) in [5.74, 6) is -0.618. The second-order valence-corrected chi connectivity index (χ2v) is 13.1. The Labute approximate surface area is 328 Å². The zero-order valence-corrected chi connectivity index (χ0v) is 32.1. The highest BCUT2D eigenvalue weighted by molar-refractivity contribution is 5.85. The van der Waals surface area contributed by atoms with E-state index in [0.29, 0.717) is 30.4 Å². The highest BCUT2D eigenvalue weighted by atomic mass is 17.0. The fourth-order valence-electron chi connectivity index (χ4n) is 5.71. The summed E-state index contributed by atoms with van der Waals surface area (Å²) in [6.45, 7) is 6.99. The highest BCUT2D eigenvalue weighted by Gasteiger charge is 2.33. The van der Waals surface area contributed by atoms with Crippen molar-refractivity contribution in [3.05, 3.63) is 104 Å². The van der Waals surface area contributed by atoms with E-state index < -0.39 is 34.6 Å². The summed E-state index contributed by atoms with van der Waals surface area (Å²) in [6.07, 6.45) is 0.363. The Morgan fingerprint density at radius 2 is 1.54 bits per heavy atom. The maximum atomic E-state index is 13.5. The number of unbranched alkanes of at least 4 members (excludes halogenated alkanes) is 2. The van der Waals surface area contributed by atoms with Gasteiger partial charge in [0.15, 0.2) is 0 Å². The van der Waals surface area contributed by atoms with E-state index in [-0.39, 0.29) is 56.2 Å². The monoisotopic (exact) mass is 791 g/mol. The van der Waals surface area contributed by atoms with Crippen molar-refractivity contribution in [2.24, 2.45) is 5.92 Å². The molecule has 57 heavy (non-hydrogen) atoms. The van der Waals surface area contributed by atoms with Gasteiger partial charge in [-0.2, -0.15) is 0 Å². The Morgan fingerprint density at radius 3 is 2.23 bits per heavy atom. The van der Waals surface area contributed by atoms with E-state index >= 15 is 0 Å². The first-order valence-corrected chi connectivity index (χ1v) is 18.3. The molecule has 0 saturated heterocycles. The first-order valence-electron chi connectivity index (χ1n) is 18.3. The molecule has 19 nitrogen and oxygen atoms in total. The Bertz CT molecular complexity index is 1970. The molecular formula is C38H45N7O12. The first kappa shape index (κ1) is 43.1. The van der Waals surface area contributed by atoms with Crippen molar-refractivity contribution in [1.82, 2.24) is 25.1 Å². The number of carbonyl (C=O) groups is 3. The number of amides is 1. The van der Waals surface area contributed by atoms with Gasteiger partial charge in [0.25, 0.3) is 10.2 Å². The second-order valence-electron chi connectivity index (χ2n) is 13.1. The van der Waals surface area contributed by atoms with E-state index in [1.54, 1.807) is 17.0 Å². The molecule has 0 N–H and O–H groups in total. The molecule has 0 fully saturated rings. The van der Waals surface area contributed by atoms with Crippen LogP contribution in [0, 0.1) is 26.1 Å². The molecule has 304 valence electrons. The number of nitrogens with zero attached hydrogens (tertiary/aromatic N) is 7. The molecule has 0 spiro atoms. The summed E-state index contributed by atoms with van der Waals surface area (Å²) in [6, 6.07) is 20.1. The number of ether oxygens (including phenoxy) is 3. The van der Waals surface area contributed by atoms with E-state index in [2.05, 4.69) is 25.1 Å². The van der Waals surface area contributed by atoms with Gasteiger partial charge in [-0.05, 0) is 71.7 Å². The Kier molecular flexibility index (Phi) is 16.2. The number of carbonyl (C=O) groups excluding carboxylic acids is 3. The number of esters is 1. The van der Waals surface area contributed by atoms with Gasteiger partial charge in [-0.3, -0.25) is 4.79 Å². The number of hydrogen-bond donors (Lipinski definition) is 0. The minimum Gasteiger partial charge on any atom is -0.464 e. The smallest absolute Gasteiger partial charge is 0.464 e. The number of rotatable bonds is 22. The SMILES string of the molecule is CCCCC(=O)N(Cc1ccc(-c2ccccc2-c2nnn(C(C)OC(=O)Oc3cccc(CO[N+](=O)[O-])c3)n2)cc1)C(C(=O)OCCCCO[N+](=O)[O-])C(C)C. The van der Waals surface area contributed by atoms with Crippen LogP contribution in [-0.2, 0) is 41.9 Å². The van der Waals surface area contributed by atoms with Gasteiger partial charge < -0.3 is 28.8 Å². The molecule has 4 aromatic rings. The van der Waals surface area contributed by atoms with Crippen molar-refractivity contribution >= 4 is 18.0 Å². The molecule has 0 aliphatic rings. The summed E-state index contributed by atoms with van der Waals surface area (Å²) in [5, 5.41) is 31.8. The molecule has 1 heterocycles. The van der Waals surface area contributed by atoms with Gasteiger partial charge in [0.05, 0.1) is 13.2 Å². The predicted molar refractivity (Wildman–Crippen MR) is 201 cm³/mol. The quantitative estimate of drug-likeness (QED) is 0.0271. The average Bonchev–Trinajstić information content (AvgIpc) is 3.68. The van der Waals surface area contributed by atoms with E-state index in [0.717, 1.165) is 27.9 Å². The average molecular weight is 792 g/mol. The molecule has 0 saturated carbocycles. The van der Waals surface area contributed by atoms with Crippen LogP contribution in [0.5, 0.6) is 5.75 Å². The lowest BCUT2D eigenvalue weighted by Gasteiger charge is -2.33. The Hall–Kier alpha value is -6.66. The summed E-state index contributed by atoms with van der Waals surface area (Å²) in [4.78, 5) is 71.6. The van der Waals surface area contributed by atoms with Gasteiger partial charge in [-0.15, -0.1) is 35.2 Å². The zero-order chi connectivity index (χ0) is 41.3. The maximum Gasteiger partial charge on any atom is 0.515 e. The van der Waals surface area contributed by atoms with Crippen LogP contribution in [0.15, 0.2) is 72.8 Å². The third kappa shape index (κ3) is 13.3. The van der Waals surface area contributed by atoms with E-state index in [9.17, 15) is 34.6 Å². The standard InChI is InChI=1S/C38H45N7O12/c1-5-6-16-34(46)42(35(26(2)3)37(47)53-21-9-10-22-54-44(49)50)24-28-17-19-30(20-18-28)32-14-7-8-15-33(32)36-39-41-43(40-36)27(4)56-38(48)57-31-13-11-12-29(23-31)25-55-45(51)52/h7-8,11-15,17-20,23,26-27,35H,5-6,9-10,16,21-22,24-25H2,1-4H3. The summed E-state index contributed by atoms with van der Waals surface area (Å²) in [7, 11) is 0. The number of hydrogen-bond acceptors (Lipinski definition) is 15. The number of tetrazole rings is 1. The summed E-state index contributed by atoms with van der Waals surface area (Å²) >= 11 is 0. The van der Waals surface area contributed by atoms with Crippen LogP contribution in [0.3, 0.4) is 0 Å². The maximum absolute atomic E-state index is 13.5. The van der Waals surface area contributed by atoms with Crippen LogP contribution < -0.4 is 4.74 Å². The first-order chi connectivity index (χ1) is 27.4. The minimum atomic E-state index is -1.06. The van der Waals surface area contributed by atoms with Gasteiger partial charge in [-0.1, -0.05) is 87.9 Å². The van der Waals surface area contributed by atoms with Crippen molar-refractivity contribution in [3.63, 3.8) is 0 Å². The van der Waals surface area contributed by atoms with Crippen molar-refractivity contribution in [1.29, 1.82) is 0 Å². The molecule has 1 aromatic heterocycles. The van der Waals surface area contributed by atoms with Crippen molar-refractivity contribution in [3.8, 4) is 28.3 Å². The summed E-state index contributed by atoms with van der Waals surface area (Å²) < 4.78 is 16.1. The molecular weight excluding hydrogens is 746 g/mol. The zero-order valence-electron chi connectivity index (χ0n) is 32.1. The number of benzene rings is 3. The Morgan fingerprint density at radius 1 is 0.842 bits per heavy atom. The molecule has 19 heteroatoms. The Balaban J connectivity index is 1.45. The molecule has 2 atom stereocenters. The van der Waals surface area contributed by atoms with Gasteiger partial charge in [-0.25, -0.2) is 9.59 Å². The third-order valence-electron chi connectivity index (χ3n) is 8.50. The molecule has 0 aliphatic carbocycles. The summed E-state index contributed by atoms with van der Waals surface area (Å²) in [5.41, 5.74) is 3.43. The topological polar surface area (TPSA) is 230 Å². The fourth-order valence-corrected chi connectivity index (χ4v) is 5.71. The molecule has 0 aliphatic heterocycles. The van der Waals surface area contributed by atoms with E-state index in [4.69, 9.17) is 14.2 Å². The van der Waals surface area contributed by atoms with E-state index in [1.807, 2.05) is 69.3 Å². The molecule has 4 rings (SSSR count). The van der Waals surface area contributed by atoms with Crippen molar-refractivity contribution in [2.45, 2.75) is 85.2 Å². The van der Waals surface area contributed by atoms with Crippen LogP contribution >= 0.6 is 0 Å². The van der Waals surface area contributed by atoms with Gasteiger partial charge in [0.2, 0.25) is 18.0 Å². The van der Waals surface area contributed by atoms with Crippen LogP contribution in [0.1, 0.15) is 77.2 Å². The fraction of sp³-hybridized carbons (Fsp3) is 0.421. The molecule has 2 unspecified atom stereocenters.